The Morgan fingerprint density at radius 1 is 1.32 bits per heavy atom. The molecule has 96 valence electrons. The van der Waals surface area contributed by atoms with Gasteiger partial charge in [0, 0.05) is 28.5 Å². The molecule has 1 N–H and O–H groups in total. The minimum Gasteiger partial charge on any atom is -0.380 e. The molecule has 0 aliphatic carbocycles. The van der Waals surface area contributed by atoms with Crippen LogP contribution < -0.4 is 5.32 Å². The highest BCUT2D eigenvalue weighted by Crippen LogP contribution is 2.25. The van der Waals surface area contributed by atoms with Crippen LogP contribution in [-0.2, 0) is 6.54 Å². The number of nitrogens with one attached hydrogen (secondary N) is 1. The normalized spacial score (nSPS) is 10.0. The van der Waals surface area contributed by atoms with Gasteiger partial charge in [0.15, 0.2) is 0 Å². The number of halogens is 1. The molecule has 2 rings (SSSR count). The maximum Gasteiger partial charge on any atom is 0.145 e. The van der Waals surface area contributed by atoms with Crippen molar-refractivity contribution < 1.29 is 0 Å². The summed E-state index contributed by atoms with van der Waals surface area (Å²) in [6.07, 6.45) is 1.64. The van der Waals surface area contributed by atoms with Crippen LogP contribution in [0.5, 0.6) is 0 Å². The summed E-state index contributed by atoms with van der Waals surface area (Å²) in [5.41, 5.74) is 4.84. The van der Waals surface area contributed by atoms with Crippen molar-refractivity contribution in [3.8, 4) is 6.07 Å². The van der Waals surface area contributed by atoms with Crippen LogP contribution in [0, 0.1) is 25.2 Å². The van der Waals surface area contributed by atoms with Gasteiger partial charge in [-0.1, -0.05) is 22.0 Å². The van der Waals surface area contributed by atoms with E-state index in [1.165, 1.54) is 11.1 Å². The first kappa shape index (κ1) is 13.6. The Morgan fingerprint density at radius 2 is 2.00 bits per heavy atom. The van der Waals surface area contributed by atoms with Gasteiger partial charge in [-0.25, -0.2) is 4.98 Å². The molecule has 0 saturated heterocycles. The molecular formula is C15H14BrN3. The van der Waals surface area contributed by atoms with Crippen molar-refractivity contribution in [2.24, 2.45) is 0 Å². The van der Waals surface area contributed by atoms with Crippen LogP contribution in [-0.4, -0.2) is 4.98 Å². The van der Waals surface area contributed by atoms with Crippen LogP contribution in [0.2, 0.25) is 0 Å². The first-order valence-electron chi connectivity index (χ1n) is 5.96. The lowest BCUT2D eigenvalue weighted by atomic mass is 10.1. The fraction of sp³-hybridized carbons (Fsp3) is 0.200. The predicted molar refractivity (Wildman–Crippen MR) is 79.9 cm³/mol. The fourth-order valence-corrected chi connectivity index (χ4v) is 2.74. The van der Waals surface area contributed by atoms with E-state index in [4.69, 9.17) is 5.26 Å². The van der Waals surface area contributed by atoms with Gasteiger partial charge in [0.25, 0.3) is 0 Å². The summed E-state index contributed by atoms with van der Waals surface area (Å²) in [5, 5.41) is 12.4. The van der Waals surface area contributed by atoms with Gasteiger partial charge < -0.3 is 5.32 Å². The van der Waals surface area contributed by atoms with Gasteiger partial charge in [-0.05, 0) is 43.2 Å². The highest BCUT2D eigenvalue weighted by molar-refractivity contribution is 9.10. The zero-order valence-electron chi connectivity index (χ0n) is 10.9. The Kier molecular flexibility index (Phi) is 4.18. The molecule has 0 atom stereocenters. The van der Waals surface area contributed by atoms with E-state index in [-0.39, 0.29) is 0 Å². The van der Waals surface area contributed by atoms with Gasteiger partial charge in [0.1, 0.15) is 11.8 Å². The Morgan fingerprint density at radius 3 is 2.63 bits per heavy atom. The van der Waals surface area contributed by atoms with E-state index < -0.39 is 0 Å². The minimum atomic E-state index is 0.474. The zero-order chi connectivity index (χ0) is 13.8. The van der Waals surface area contributed by atoms with E-state index >= 15 is 0 Å². The molecule has 1 aromatic heterocycles. The van der Waals surface area contributed by atoms with Crippen molar-refractivity contribution in [1.82, 2.24) is 4.98 Å². The number of nitrogens with zero attached hydrogens (tertiary/aromatic N) is 2. The average Bonchev–Trinajstić information content (AvgIpc) is 2.38. The number of anilines is 1. The van der Waals surface area contributed by atoms with Crippen LogP contribution in [0.15, 0.2) is 34.9 Å². The molecule has 19 heavy (non-hydrogen) atoms. The summed E-state index contributed by atoms with van der Waals surface area (Å²) < 4.78 is 1.08. The van der Waals surface area contributed by atoms with E-state index in [0.29, 0.717) is 12.2 Å². The number of rotatable bonds is 3. The Labute approximate surface area is 121 Å². The molecular weight excluding hydrogens is 302 g/mol. The van der Waals surface area contributed by atoms with Crippen molar-refractivity contribution in [1.29, 1.82) is 5.26 Å². The quantitative estimate of drug-likeness (QED) is 0.933. The smallest absolute Gasteiger partial charge is 0.145 e. The van der Waals surface area contributed by atoms with Gasteiger partial charge in [-0.3, -0.25) is 0 Å². The molecule has 1 aromatic carbocycles. The van der Waals surface area contributed by atoms with Crippen molar-refractivity contribution in [3.63, 3.8) is 0 Å². The van der Waals surface area contributed by atoms with Crippen molar-refractivity contribution in [2.45, 2.75) is 20.4 Å². The second-order valence-corrected chi connectivity index (χ2v) is 5.31. The summed E-state index contributed by atoms with van der Waals surface area (Å²) in [6, 6.07) is 10.0. The lowest BCUT2D eigenvalue weighted by molar-refractivity contribution is 1.08. The number of hydrogen-bond donors (Lipinski definition) is 1. The average molecular weight is 316 g/mol. The fourth-order valence-electron chi connectivity index (χ4n) is 2.06. The van der Waals surface area contributed by atoms with E-state index in [1.54, 1.807) is 6.20 Å². The van der Waals surface area contributed by atoms with Crippen LogP contribution in [0.4, 0.5) is 5.69 Å². The molecule has 4 heteroatoms. The number of nitriles is 1. The highest BCUT2D eigenvalue weighted by Gasteiger charge is 2.06. The molecule has 0 bridgehead atoms. The molecule has 0 aliphatic rings. The van der Waals surface area contributed by atoms with E-state index in [2.05, 4.69) is 58.3 Å². The molecule has 2 aromatic rings. The topological polar surface area (TPSA) is 48.7 Å². The zero-order valence-corrected chi connectivity index (χ0v) is 12.5. The number of aryl methyl sites for hydroxylation is 2. The van der Waals surface area contributed by atoms with Crippen molar-refractivity contribution in [2.75, 3.05) is 5.32 Å². The van der Waals surface area contributed by atoms with E-state index in [9.17, 15) is 0 Å². The third-order valence-corrected chi connectivity index (χ3v) is 3.41. The van der Waals surface area contributed by atoms with Crippen LogP contribution in [0.1, 0.15) is 22.4 Å². The maximum absolute atomic E-state index is 9.01. The van der Waals surface area contributed by atoms with Crippen molar-refractivity contribution >= 4 is 21.6 Å². The maximum atomic E-state index is 9.01. The molecule has 0 amide bonds. The number of aromatic nitrogens is 1. The standard InChI is InChI=1S/C15H14BrN3/c1-10-6-13(16)7-11(2)15(10)19-9-12-4-3-5-18-14(12)8-17/h3-7,19H,9H2,1-2H3. The number of hydrogen-bond acceptors (Lipinski definition) is 3. The highest BCUT2D eigenvalue weighted by atomic mass is 79.9. The van der Waals surface area contributed by atoms with Gasteiger partial charge >= 0.3 is 0 Å². The third kappa shape index (κ3) is 3.12. The van der Waals surface area contributed by atoms with Gasteiger partial charge in [0.2, 0.25) is 0 Å². The molecule has 0 aliphatic heterocycles. The van der Waals surface area contributed by atoms with E-state index in [1.807, 2.05) is 12.1 Å². The summed E-state index contributed by atoms with van der Waals surface area (Å²) in [6.45, 7) is 4.73. The van der Waals surface area contributed by atoms with Gasteiger partial charge in [-0.15, -0.1) is 0 Å². The summed E-state index contributed by atoms with van der Waals surface area (Å²) in [7, 11) is 0. The van der Waals surface area contributed by atoms with Crippen molar-refractivity contribution in [3.05, 3.63) is 57.3 Å². The molecule has 0 unspecified atom stereocenters. The molecule has 0 fully saturated rings. The second kappa shape index (κ2) is 5.85. The first-order valence-corrected chi connectivity index (χ1v) is 6.75. The predicted octanol–water partition coefficient (Wildman–Crippen LogP) is 3.94. The first-order chi connectivity index (χ1) is 9.11. The molecule has 3 nitrogen and oxygen atoms in total. The van der Waals surface area contributed by atoms with E-state index in [0.717, 1.165) is 15.7 Å². The lowest BCUT2D eigenvalue weighted by Gasteiger charge is -2.13. The Balaban J connectivity index is 2.22. The summed E-state index contributed by atoms with van der Waals surface area (Å²) in [5.74, 6) is 0. The van der Waals surface area contributed by atoms with Gasteiger partial charge in [-0.2, -0.15) is 5.26 Å². The third-order valence-electron chi connectivity index (χ3n) is 2.95. The van der Waals surface area contributed by atoms with Crippen LogP contribution in [0.25, 0.3) is 0 Å². The Bertz CT molecular complexity index is 621. The number of benzene rings is 1. The Hall–Kier alpha value is -1.86. The van der Waals surface area contributed by atoms with Crippen LogP contribution in [0.3, 0.4) is 0 Å². The lowest BCUT2D eigenvalue weighted by Crippen LogP contribution is -2.05. The molecule has 1 heterocycles. The van der Waals surface area contributed by atoms with Crippen LogP contribution >= 0.6 is 15.9 Å². The SMILES string of the molecule is Cc1cc(Br)cc(C)c1NCc1cccnc1C#N. The second-order valence-electron chi connectivity index (χ2n) is 4.39. The van der Waals surface area contributed by atoms with Gasteiger partial charge in [0.05, 0.1) is 0 Å². The largest absolute Gasteiger partial charge is 0.380 e. The number of pyridine rings is 1. The molecule has 0 saturated carbocycles. The summed E-state index contributed by atoms with van der Waals surface area (Å²) in [4.78, 5) is 4.06. The summed E-state index contributed by atoms with van der Waals surface area (Å²) >= 11 is 3.49. The minimum absolute atomic E-state index is 0.474. The molecule has 0 radical (unpaired) electrons. The monoisotopic (exact) mass is 315 g/mol. The molecule has 0 spiro atoms.